The molecule has 36 heavy (non-hydrogen) atoms. The largest absolute Gasteiger partial charge is 0.449 e. The van der Waals surface area contributed by atoms with Gasteiger partial charge < -0.3 is 10.1 Å². The molecule has 1 amide bonds. The number of aryl methyl sites for hydroxylation is 2. The minimum atomic E-state index is -1.09. The molecule has 1 N–H and O–H groups in total. The molecular formula is C29H29N3O4. The average molecular weight is 484 g/mol. The van der Waals surface area contributed by atoms with Gasteiger partial charge in [-0.3, -0.25) is 14.3 Å². The Morgan fingerprint density at radius 2 is 1.50 bits per heavy atom. The molecule has 7 heteroatoms. The van der Waals surface area contributed by atoms with E-state index in [0.29, 0.717) is 23.4 Å². The summed E-state index contributed by atoms with van der Waals surface area (Å²) in [5, 5.41) is 2.66. The molecule has 0 aliphatic heterocycles. The summed E-state index contributed by atoms with van der Waals surface area (Å²) in [6.45, 7) is 3.24. The van der Waals surface area contributed by atoms with Gasteiger partial charge in [-0.05, 0) is 56.0 Å². The minimum Gasteiger partial charge on any atom is -0.449 e. The number of anilines is 1. The number of carbonyl (C=O) groups is 2. The van der Waals surface area contributed by atoms with Gasteiger partial charge in [0.1, 0.15) is 5.69 Å². The number of nitrogens with one attached hydrogen (secondary N) is 1. The lowest BCUT2D eigenvalue weighted by Crippen LogP contribution is -2.32. The number of aromatic nitrogens is 2. The van der Waals surface area contributed by atoms with E-state index in [2.05, 4.69) is 5.32 Å². The van der Waals surface area contributed by atoms with Crippen molar-refractivity contribution >= 4 is 17.6 Å². The van der Waals surface area contributed by atoms with E-state index < -0.39 is 18.0 Å². The van der Waals surface area contributed by atoms with Crippen LogP contribution in [0.1, 0.15) is 34.1 Å². The normalized spacial score (nSPS) is 11.6. The Labute approximate surface area is 209 Å². The van der Waals surface area contributed by atoms with E-state index in [0.717, 1.165) is 12.0 Å². The third-order valence-corrected chi connectivity index (χ3v) is 6.22. The summed E-state index contributed by atoms with van der Waals surface area (Å²) in [4.78, 5) is 38.9. The predicted octanol–water partition coefficient (Wildman–Crippen LogP) is 4.45. The number of rotatable bonds is 8. The van der Waals surface area contributed by atoms with Gasteiger partial charge >= 0.3 is 5.97 Å². The minimum absolute atomic E-state index is 0.150. The van der Waals surface area contributed by atoms with Gasteiger partial charge in [-0.1, -0.05) is 66.7 Å². The van der Waals surface area contributed by atoms with Crippen LogP contribution in [-0.2, 0) is 29.4 Å². The fourth-order valence-corrected chi connectivity index (χ4v) is 4.08. The predicted molar refractivity (Wildman–Crippen MR) is 140 cm³/mol. The summed E-state index contributed by atoms with van der Waals surface area (Å²) in [7, 11) is 1.75. The lowest BCUT2D eigenvalue weighted by Gasteiger charge is -2.15. The standard InChI is InChI=1S/C29H29N3O4/c1-20-26(28(34)32(31(20)3)24-15-8-5-9-16-24)30-27(33)21(2)36-29(35)25-17-11-10-14-23(25)19-18-22-12-6-4-7-13-22/h4-17,21H,18-19H2,1-3H3,(H,30,33). The zero-order chi connectivity index (χ0) is 25.7. The van der Waals surface area contributed by atoms with E-state index in [9.17, 15) is 14.4 Å². The smallest absolute Gasteiger partial charge is 0.339 e. The lowest BCUT2D eigenvalue weighted by atomic mass is 10.00. The fourth-order valence-electron chi connectivity index (χ4n) is 4.08. The highest BCUT2D eigenvalue weighted by Crippen LogP contribution is 2.17. The van der Waals surface area contributed by atoms with Crippen LogP contribution in [0.2, 0.25) is 0 Å². The Hall–Kier alpha value is -4.39. The van der Waals surface area contributed by atoms with Gasteiger partial charge in [-0.25, -0.2) is 9.48 Å². The van der Waals surface area contributed by atoms with Crippen LogP contribution >= 0.6 is 0 Å². The first kappa shape index (κ1) is 24.7. The first-order valence-electron chi connectivity index (χ1n) is 11.8. The first-order chi connectivity index (χ1) is 17.4. The van der Waals surface area contributed by atoms with Crippen molar-refractivity contribution in [1.82, 2.24) is 9.36 Å². The second-order valence-corrected chi connectivity index (χ2v) is 8.62. The average Bonchev–Trinajstić information content (AvgIpc) is 3.11. The summed E-state index contributed by atoms with van der Waals surface area (Å²) in [5.74, 6) is -1.15. The van der Waals surface area contributed by atoms with E-state index in [-0.39, 0.29) is 11.2 Å². The molecule has 184 valence electrons. The molecule has 1 unspecified atom stereocenters. The summed E-state index contributed by atoms with van der Waals surface area (Å²) in [6.07, 6.45) is 0.351. The Bertz CT molecular complexity index is 1420. The molecule has 1 heterocycles. The SMILES string of the molecule is Cc1c(NC(=O)C(C)OC(=O)c2ccccc2CCc2ccccc2)c(=O)n(-c2ccccc2)n1C. The zero-order valence-electron chi connectivity index (χ0n) is 20.6. The molecule has 4 aromatic rings. The maximum atomic E-state index is 13.1. The molecule has 0 saturated carbocycles. The third-order valence-electron chi connectivity index (χ3n) is 6.22. The Morgan fingerprint density at radius 1 is 0.889 bits per heavy atom. The van der Waals surface area contributed by atoms with Crippen LogP contribution in [0.15, 0.2) is 89.7 Å². The number of hydrogen-bond acceptors (Lipinski definition) is 4. The quantitative estimate of drug-likeness (QED) is 0.375. The Balaban J connectivity index is 1.46. The van der Waals surface area contributed by atoms with Gasteiger partial charge in [-0.2, -0.15) is 0 Å². The molecule has 0 bridgehead atoms. The molecule has 0 radical (unpaired) electrons. The highest BCUT2D eigenvalue weighted by Gasteiger charge is 2.24. The number of ether oxygens (including phenoxy) is 1. The molecule has 7 nitrogen and oxygen atoms in total. The van der Waals surface area contributed by atoms with Crippen LogP contribution in [0, 0.1) is 6.92 Å². The number of para-hydroxylation sites is 1. The van der Waals surface area contributed by atoms with Gasteiger partial charge in [0.05, 0.1) is 16.9 Å². The number of nitrogens with zero attached hydrogens (tertiary/aromatic N) is 2. The van der Waals surface area contributed by atoms with Crippen molar-refractivity contribution in [2.24, 2.45) is 7.05 Å². The van der Waals surface area contributed by atoms with Gasteiger partial charge in [0.25, 0.3) is 11.5 Å². The Morgan fingerprint density at radius 3 is 2.19 bits per heavy atom. The molecule has 0 aliphatic rings. The number of carbonyl (C=O) groups excluding carboxylic acids is 2. The maximum absolute atomic E-state index is 13.1. The zero-order valence-corrected chi connectivity index (χ0v) is 20.6. The van der Waals surface area contributed by atoms with Gasteiger partial charge in [-0.15, -0.1) is 0 Å². The number of benzene rings is 3. The summed E-state index contributed by atoms with van der Waals surface area (Å²) in [5.41, 5.74) is 3.51. The van der Waals surface area contributed by atoms with Crippen LogP contribution in [0.5, 0.6) is 0 Å². The lowest BCUT2D eigenvalue weighted by molar-refractivity contribution is -0.123. The van der Waals surface area contributed by atoms with E-state index in [1.165, 1.54) is 17.2 Å². The van der Waals surface area contributed by atoms with Crippen molar-refractivity contribution < 1.29 is 14.3 Å². The van der Waals surface area contributed by atoms with Crippen LogP contribution in [-0.4, -0.2) is 27.3 Å². The number of esters is 1. The van der Waals surface area contributed by atoms with Crippen LogP contribution in [0.4, 0.5) is 5.69 Å². The van der Waals surface area contributed by atoms with E-state index in [1.54, 1.807) is 30.8 Å². The molecule has 0 fully saturated rings. The molecule has 1 atom stereocenters. The van der Waals surface area contributed by atoms with Crippen molar-refractivity contribution in [3.63, 3.8) is 0 Å². The molecular weight excluding hydrogens is 454 g/mol. The Kier molecular flexibility index (Phi) is 7.49. The summed E-state index contributed by atoms with van der Waals surface area (Å²) < 4.78 is 8.65. The monoisotopic (exact) mass is 483 g/mol. The molecule has 0 saturated heterocycles. The van der Waals surface area contributed by atoms with Crippen molar-refractivity contribution in [3.8, 4) is 5.69 Å². The van der Waals surface area contributed by atoms with E-state index in [1.807, 2.05) is 72.8 Å². The molecule has 1 aromatic heterocycles. The molecule has 0 aliphatic carbocycles. The van der Waals surface area contributed by atoms with Gasteiger partial charge in [0.2, 0.25) is 0 Å². The highest BCUT2D eigenvalue weighted by atomic mass is 16.5. The second kappa shape index (κ2) is 10.9. The van der Waals surface area contributed by atoms with Gasteiger partial charge in [0.15, 0.2) is 6.10 Å². The van der Waals surface area contributed by atoms with Crippen molar-refractivity contribution in [2.45, 2.75) is 32.8 Å². The maximum Gasteiger partial charge on any atom is 0.339 e. The molecule has 0 spiro atoms. The topological polar surface area (TPSA) is 82.3 Å². The van der Waals surface area contributed by atoms with Crippen LogP contribution < -0.4 is 10.9 Å². The van der Waals surface area contributed by atoms with Gasteiger partial charge in [0, 0.05) is 7.05 Å². The van der Waals surface area contributed by atoms with Crippen LogP contribution in [0.25, 0.3) is 5.69 Å². The highest BCUT2D eigenvalue weighted by molar-refractivity contribution is 5.98. The second-order valence-electron chi connectivity index (χ2n) is 8.62. The van der Waals surface area contributed by atoms with Crippen molar-refractivity contribution in [1.29, 1.82) is 0 Å². The third kappa shape index (κ3) is 5.30. The summed E-state index contributed by atoms with van der Waals surface area (Å²) >= 11 is 0. The van der Waals surface area contributed by atoms with Crippen molar-refractivity contribution in [3.05, 3.63) is 118 Å². The molecule has 4 rings (SSSR count). The fraction of sp³-hybridized carbons (Fsp3) is 0.207. The van der Waals surface area contributed by atoms with E-state index >= 15 is 0 Å². The number of amides is 1. The van der Waals surface area contributed by atoms with Crippen LogP contribution in [0.3, 0.4) is 0 Å². The number of hydrogen-bond donors (Lipinski definition) is 1. The molecule has 3 aromatic carbocycles. The van der Waals surface area contributed by atoms with Crippen molar-refractivity contribution in [2.75, 3.05) is 5.32 Å². The summed E-state index contributed by atoms with van der Waals surface area (Å²) in [6, 6.07) is 26.4. The first-order valence-corrected chi connectivity index (χ1v) is 11.8. The van der Waals surface area contributed by atoms with E-state index in [4.69, 9.17) is 4.74 Å².